The first-order chi connectivity index (χ1) is 4.22. The molecule has 0 aromatic heterocycles. The van der Waals surface area contributed by atoms with E-state index in [-0.39, 0.29) is 12.1 Å². The molecule has 0 bridgehead atoms. The molecular weight excluding hydrogens is 116 g/mol. The first-order valence-electron chi connectivity index (χ1n) is 3.41. The van der Waals surface area contributed by atoms with Gasteiger partial charge in [0.05, 0.1) is 6.10 Å². The van der Waals surface area contributed by atoms with Crippen LogP contribution in [0.3, 0.4) is 0 Å². The predicted octanol–water partition coefficient (Wildman–Crippen LogP) is -0.814. The van der Waals surface area contributed by atoms with E-state index >= 15 is 0 Å². The average molecular weight is 130 g/mol. The molecule has 0 aromatic rings. The fourth-order valence-electron chi connectivity index (χ4n) is 1.25. The fraction of sp³-hybridized carbons (Fsp3) is 1.00. The molecule has 9 heavy (non-hydrogen) atoms. The van der Waals surface area contributed by atoms with Gasteiger partial charge in [0.15, 0.2) is 0 Å². The molecular formula is C6H14N2O. The van der Waals surface area contributed by atoms with Crippen LogP contribution in [0.4, 0.5) is 0 Å². The number of hydrogen-bond donors (Lipinski definition) is 3. The third-order valence-electron chi connectivity index (χ3n) is 1.95. The lowest BCUT2D eigenvalue weighted by Gasteiger charge is -2.29. The second-order valence-electron chi connectivity index (χ2n) is 2.75. The van der Waals surface area contributed by atoms with Gasteiger partial charge >= 0.3 is 0 Å². The van der Waals surface area contributed by atoms with Crippen LogP contribution in [0.1, 0.15) is 19.3 Å². The van der Waals surface area contributed by atoms with Gasteiger partial charge < -0.3 is 16.6 Å². The molecule has 0 amide bonds. The smallest absolute Gasteiger partial charge is 0.0841 e. The van der Waals surface area contributed by atoms with Crippen molar-refractivity contribution in [3.8, 4) is 0 Å². The molecule has 5 N–H and O–H groups in total. The van der Waals surface area contributed by atoms with Crippen LogP contribution in [0, 0.1) is 0 Å². The Hall–Kier alpha value is -0.120. The van der Waals surface area contributed by atoms with Gasteiger partial charge in [0, 0.05) is 12.1 Å². The van der Waals surface area contributed by atoms with Crippen molar-refractivity contribution >= 4 is 0 Å². The van der Waals surface area contributed by atoms with Crippen LogP contribution in [0.25, 0.3) is 0 Å². The summed E-state index contributed by atoms with van der Waals surface area (Å²) in [6.07, 6.45) is 2.40. The number of aliphatic hydroxyl groups is 1. The monoisotopic (exact) mass is 130 g/mol. The van der Waals surface area contributed by atoms with Crippen LogP contribution >= 0.6 is 0 Å². The summed E-state index contributed by atoms with van der Waals surface area (Å²) in [4.78, 5) is 0. The minimum absolute atomic E-state index is 0.0891. The van der Waals surface area contributed by atoms with Crippen LogP contribution in [-0.4, -0.2) is 23.3 Å². The van der Waals surface area contributed by atoms with Crippen molar-refractivity contribution in [1.29, 1.82) is 0 Å². The Morgan fingerprint density at radius 1 is 1.11 bits per heavy atom. The van der Waals surface area contributed by atoms with Crippen molar-refractivity contribution in [1.82, 2.24) is 0 Å². The van der Waals surface area contributed by atoms with Crippen LogP contribution in [0.15, 0.2) is 0 Å². The average Bonchev–Trinajstić information content (AvgIpc) is 1.83. The topological polar surface area (TPSA) is 72.3 Å². The molecule has 0 unspecified atom stereocenters. The molecule has 1 saturated carbocycles. The van der Waals surface area contributed by atoms with E-state index in [0.29, 0.717) is 0 Å². The lowest BCUT2D eigenvalue weighted by molar-refractivity contribution is 0.0879. The molecule has 0 aliphatic heterocycles. The molecule has 1 aliphatic rings. The second kappa shape index (κ2) is 2.64. The molecule has 0 heterocycles. The highest BCUT2D eigenvalue weighted by Crippen LogP contribution is 2.15. The first-order valence-corrected chi connectivity index (χ1v) is 3.41. The van der Waals surface area contributed by atoms with Crippen molar-refractivity contribution in [2.75, 3.05) is 0 Å². The quantitative estimate of drug-likeness (QED) is 0.401. The minimum Gasteiger partial charge on any atom is -0.390 e. The van der Waals surface area contributed by atoms with E-state index in [2.05, 4.69) is 0 Å². The molecule has 0 radical (unpaired) electrons. The lowest BCUT2D eigenvalue weighted by Crippen LogP contribution is -2.50. The normalized spacial score (nSPS) is 39.0. The highest BCUT2D eigenvalue weighted by Gasteiger charge is 2.25. The van der Waals surface area contributed by atoms with Crippen LogP contribution in [-0.2, 0) is 0 Å². The fourth-order valence-corrected chi connectivity index (χ4v) is 1.25. The molecule has 3 heteroatoms. The Morgan fingerprint density at radius 3 is 1.89 bits per heavy atom. The summed E-state index contributed by atoms with van der Waals surface area (Å²) in [7, 11) is 0. The summed E-state index contributed by atoms with van der Waals surface area (Å²) in [5.41, 5.74) is 11.1. The molecule has 0 aromatic carbocycles. The number of rotatable bonds is 0. The summed E-state index contributed by atoms with van der Waals surface area (Å²) in [6.45, 7) is 0. The molecule has 0 spiro atoms. The number of hydrogen-bond acceptors (Lipinski definition) is 3. The van der Waals surface area contributed by atoms with Gasteiger partial charge in [0.25, 0.3) is 0 Å². The van der Waals surface area contributed by atoms with Gasteiger partial charge in [-0.3, -0.25) is 0 Å². The van der Waals surface area contributed by atoms with Gasteiger partial charge in [0.2, 0.25) is 0 Å². The third kappa shape index (κ3) is 1.41. The largest absolute Gasteiger partial charge is 0.390 e. The maximum atomic E-state index is 9.20. The van der Waals surface area contributed by atoms with E-state index in [9.17, 15) is 5.11 Å². The number of nitrogens with two attached hydrogens (primary N) is 2. The molecule has 1 aliphatic carbocycles. The van der Waals surface area contributed by atoms with E-state index < -0.39 is 6.10 Å². The van der Waals surface area contributed by atoms with Crippen LogP contribution < -0.4 is 11.5 Å². The molecule has 0 saturated heterocycles. The molecule has 3 nitrogen and oxygen atoms in total. The standard InChI is InChI=1S/C6H14N2O/c7-4-2-1-3-5(8)6(4)9/h4-6,9H,1-3,7-8H2/t4-,5-/m1/s1. The van der Waals surface area contributed by atoms with Crippen molar-refractivity contribution in [2.45, 2.75) is 37.5 Å². The van der Waals surface area contributed by atoms with Gasteiger partial charge in [-0.25, -0.2) is 0 Å². The predicted molar refractivity (Wildman–Crippen MR) is 35.8 cm³/mol. The Labute approximate surface area is 55.0 Å². The van der Waals surface area contributed by atoms with E-state index in [1.807, 2.05) is 0 Å². The van der Waals surface area contributed by atoms with Gasteiger partial charge in [-0.15, -0.1) is 0 Å². The Bertz CT molecular complexity index is 87.1. The highest BCUT2D eigenvalue weighted by atomic mass is 16.3. The lowest BCUT2D eigenvalue weighted by atomic mass is 9.89. The third-order valence-corrected chi connectivity index (χ3v) is 1.95. The zero-order valence-electron chi connectivity index (χ0n) is 5.46. The van der Waals surface area contributed by atoms with Crippen molar-refractivity contribution in [3.05, 3.63) is 0 Å². The molecule has 2 atom stereocenters. The van der Waals surface area contributed by atoms with Crippen molar-refractivity contribution in [3.63, 3.8) is 0 Å². The van der Waals surface area contributed by atoms with Crippen LogP contribution in [0.2, 0.25) is 0 Å². The van der Waals surface area contributed by atoms with Crippen LogP contribution in [0.5, 0.6) is 0 Å². The maximum absolute atomic E-state index is 9.20. The van der Waals surface area contributed by atoms with Crippen molar-refractivity contribution in [2.24, 2.45) is 11.5 Å². The van der Waals surface area contributed by atoms with E-state index in [1.165, 1.54) is 0 Å². The molecule has 54 valence electrons. The molecule has 1 rings (SSSR count). The summed E-state index contributed by atoms with van der Waals surface area (Å²) >= 11 is 0. The van der Waals surface area contributed by atoms with E-state index in [0.717, 1.165) is 19.3 Å². The number of aliphatic hydroxyl groups excluding tert-OH is 1. The maximum Gasteiger partial charge on any atom is 0.0841 e. The Balaban J connectivity index is 2.41. The highest BCUT2D eigenvalue weighted by molar-refractivity contribution is 4.86. The summed E-state index contributed by atoms with van der Waals surface area (Å²) in [5, 5.41) is 9.20. The zero-order valence-corrected chi connectivity index (χ0v) is 5.46. The SMILES string of the molecule is N[C@@H]1CCC[C@@H](N)C1O. The summed E-state index contributed by atoms with van der Waals surface area (Å²) < 4.78 is 0. The van der Waals surface area contributed by atoms with Gasteiger partial charge in [-0.2, -0.15) is 0 Å². The van der Waals surface area contributed by atoms with Gasteiger partial charge in [-0.05, 0) is 12.8 Å². The summed E-state index contributed by atoms with van der Waals surface area (Å²) in [5.74, 6) is 0. The van der Waals surface area contributed by atoms with Gasteiger partial charge in [-0.1, -0.05) is 6.42 Å². The Kier molecular flexibility index (Phi) is 2.05. The minimum atomic E-state index is -0.473. The first kappa shape index (κ1) is 6.99. The Morgan fingerprint density at radius 2 is 1.56 bits per heavy atom. The molecule has 1 fully saturated rings. The van der Waals surface area contributed by atoms with Gasteiger partial charge in [0.1, 0.15) is 0 Å². The summed E-state index contributed by atoms with van der Waals surface area (Å²) in [6, 6.07) is -0.178. The zero-order chi connectivity index (χ0) is 6.85. The van der Waals surface area contributed by atoms with E-state index in [4.69, 9.17) is 11.5 Å². The van der Waals surface area contributed by atoms with Crippen molar-refractivity contribution < 1.29 is 5.11 Å². The second-order valence-corrected chi connectivity index (χ2v) is 2.75. The van der Waals surface area contributed by atoms with E-state index in [1.54, 1.807) is 0 Å².